The van der Waals surface area contributed by atoms with Gasteiger partial charge in [-0.25, -0.2) is 15.0 Å². The summed E-state index contributed by atoms with van der Waals surface area (Å²) in [5, 5.41) is 0.947. The number of aromatic amines is 1. The van der Waals surface area contributed by atoms with E-state index in [2.05, 4.69) is 86.1 Å². The van der Waals surface area contributed by atoms with Crippen molar-refractivity contribution in [2.45, 2.75) is 50.6 Å². The maximum atomic E-state index is 6.48. The zero-order valence-corrected chi connectivity index (χ0v) is 23.3. The molecule has 3 N–H and O–H groups in total. The molecule has 0 bridgehead atoms. The second-order valence-electron chi connectivity index (χ2n) is 11.6. The van der Waals surface area contributed by atoms with Gasteiger partial charge in [-0.2, -0.15) is 0 Å². The number of imidazole rings is 1. The molecule has 8 heteroatoms. The van der Waals surface area contributed by atoms with Gasteiger partial charge in [-0.15, -0.1) is 0 Å². The second-order valence-corrected chi connectivity index (χ2v) is 11.6. The number of benzene rings is 2. The van der Waals surface area contributed by atoms with E-state index in [1.165, 1.54) is 44.6 Å². The smallest absolute Gasteiger partial charge is 0.146 e. The Morgan fingerprint density at radius 1 is 0.900 bits per heavy atom. The van der Waals surface area contributed by atoms with E-state index in [1.807, 2.05) is 0 Å². The number of aryl methyl sites for hydroxylation is 2. The van der Waals surface area contributed by atoms with E-state index in [1.54, 1.807) is 6.33 Å². The minimum atomic E-state index is 0.424. The highest BCUT2D eigenvalue weighted by Gasteiger charge is 2.30. The Morgan fingerprint density at radius 3 is 2.48 bits per heavy atom. The summed E-state index contributed by atoms with van der Waals surface area (Å²) in [5.74, 6) is 1.55. The Hall–Kier alpha value is -3.75. The van der Waals surface area contributed by atoms with Crippen LogP contribution >= 0.6 is 0 Å². The molecular formula is C32H38N8. The third-order valence-corrected chi connectivity index (χ3v) is 9.09. The SMILES string of the molecule is CN1CCN([C@H]2CC[C@@H](n3cc(-c4ccc5[nH]c(CCc6ccccc6)nc5c4)c4c(N)ncnc43)CC2)CC1. The first-order valence-corrected chi connectivity index (χ1v) is 14.7. The topological polar surface area (TPSA) is 91.9 Å². The molecule has 0 radical (unpaired) electrons. The van der Waals surface area contributed by atoms with Gasteiger partial charge in [-0.1, -0.05) is 36.4 Å². The van der Waals surface area contributed by atoms with Crippen molar-refractivity contribution in [1.82, 2.24) is 34.3 Å². The summed E-state index contributed by atoms with van der Waals surface area (Å²) in [7, 11) is 2.23. The van der Waals surface area contributed by atoms with Crippen LogP contribution < -0.4 is 5.73 Å². The van der Waals surface area contributed by atoms with Gasteiger partial charge in [0, 0.05) is 56.4 Å². The Balaban J connectivity index is 1.14. The maximum Gasteiger partial charge on any atom is 0.146 e. The number of hydrogen-bond donors (Lipinski definition) is 2. The minimum absolute atomic E-state index is 0.424. The van der Waals surface area contributed by atoms with Crippen molar-refractivity contribution in [3.8, 4) is 11.1 Å². The van der Waals surface area contributed by atoms with Gasteiger partial charge in [0.15, 0.2) is 0 Å². The number of rotatable bonds is 6. The van der Waals surface area contributed by atoms with Crippen molar-refractivity contribution in [2.24, 2.45) is 0 Å². The number of piperazine rings is 1. The summed E-state index contributed by atoms with van der Waals surface area (Å²) in [6.07, 6.45) is 10.5. The number of likely N-dealkylation sites (N-methyl/N-ethyl adjacent to an activating group) is 1. The first-order chi connectivity index (χ1) is 19.6. The Bertz CT molecular complexity index is 1600. The highest BCUT2D eigenvalue weighted by molar-refractivity contribution is 6.01. The number of nitrogens with zero attached hydrogens (tertiary/aromatic N) is 6. The Kier molecular flexibility index (Phi) is 6.73. The van der Waals surface area contributed by atoms with Crippen LogP contribution in [0.2, 0.25) is 0 Å². The summed E-state index contributed by atoms with van der Waals surface area (Å²) in [5.41, 5.74) is 13.0. The molecule has 2 aromatic carbocycles. The monoisotopic (exact) mass is 534 g/mol. The summed E-state index contributed by atoms with van der Waals surface area (Å²) >= 11 is 0. The number of aromatic nitrogens is 5. The molecule has 5 aromatic rings. The average Bonchev–Trinajstić information content (AvgIpc) is 3.59. The molecule has 8 nitrogen and oxygen atoms in total. The van der Waals surface area contributed by atoms with Crippen molar-refractivity contribution in [3.05, 3.63) is 72.4 Å². The van der Waals surface area contributed by atoms with Crippen LogP contribution in [0, 0.1) is 0 Å². The lowest BCUT2D eigenvalue weighted by Gasteiger charge is -2.41. The van der Waals surface area contributed by atoms with Crippen LogP contribution in [0.5, 0.6) is 0 Å². The van der Waals surface area contributed by atoms with Crippen molar-refractivity contribution >= 4 is 27.9 Å². The fraction of sp³-hybridized carbons (Fsp3) is 0.406. The third-order valence-electron chi connectivity index (χ3n) is 9.09. The summed E-state index contributed by atoms with van der Waals surface area (Å²) in [6.45, 7) is 4.73. The third kappa shape index (κ3) is 4.86. The molecule has 206 valence electrons. The second kappa shape index (κ2) is 10.7. The van der Waals surface area contributed by atoms with Crippen molar-refractivity contribution in [2.75, 3.05) is 39.0 Å². The van der Waals surface area contributed by atoms with E-state index in [9.17, 15) is 0 Å². The molecule has 1 saturated heterocycles. The molecule has 1 saturated carbocycles. The highest BCUT2D eigenvalue weighted by atomic mass is 15.3. The molecule has 0 atom stereocenters. The number of fused-ring (bicyclic) bond motifs is 2. The van der Waals surface area contributed by atoms with E-state index in [0.29, 0.717) is 17.9 Å². The van der Waals surface area contributed by atoms with Gasteiger partial charge in [-0.05, 0) is 62.4 Å². The molecule has 40 heavy (non-hydrogen) atoms. The van der Waals surface area contributed by atoms with Gasteiger partial charge < -0.3 is 20.2 Å². The number of anilines is 1. The van der Waals surface area contributed by atoms with Crippen molar-refractivity contribution < 1.29 is 0 Å². The number of hydrogen-bond acceptors (Lipinski definition) is 6. The van der Waals surface area contributed by atoms with Gasteiger partial charge in [0.05, 0.1) is 16.4 Å². The zero-order valence-electron chi connectivity index (χ0n) is 23.3. The lowest BCUT2D eigenvalue weighted by Crippen LogP contribution is -2.49. The van der Waals surface area contributed by atoms with Crippen LogP contribution in [0.1, 0.15) is 43.1 Å². The molecule has 1 aliphatic heterocycles. The fourth-order valence-corrected chi connectivity index (χ4v) is 6.75. The van der Waals surface area contributed by atoms with Crippen LogP contribution in [0.15, 0.2) is 61.1 Å². The zero-order chi connectivity index (χ0) is 27.1. The van der Waals surface area contributed by atoms with E-state index in [0.717, 1.165) is 64.7 Å². The van der Waals surface area contributed by atoms with Crippen LogP contribution in [0.25, 0.3) is 33.2 Å². The predicted molar refractivity (Wildman–Crippen MR) is 161 cm³/mol. The summed E-state index contributed by atoms with van der Waals surface area (Å²) < 4.78 is 2.38. The maximum absolute atomic E-state index is 6.48. The largest absolute Gasteiger partial charge is 0.383 e. The van der Waals surface area contributed by atoms with Gasteiger partial charge in [0.25, 0.3) is 0 Å². The van der Waals surface area contributed by atoms with E-state index in [4.69, 9.17) is 15.7 Å². The van der Waals surface area contributed by atoms with Crippen LogP contribution in [0.4, 0.5) is 5.82 Å². The molecule has 1 aliphatic carbocycles. The van der Waals surface area contributed by atoms with Gasteiger partial charge in [0.2, 0.25) is 0 Å². The first-order valence-electron chi connectivity index (χ1n) is 14.7. The molecule has 0 spiro atoms. The molecule has 0 amide bonds. The molecule has 2 aliphatic rings. The summed E-state index contributed by atoms with van der Waals surface area (Å²) in [4.78, 5) is 22.7. The summed E-state index contributed by atoms with van der Waals surface area (Å²) in [6, 6.07) is 18.2. The van der Waals surface area contributed by atoms with Crippen molar-refractivity contribution in [1.29, 1.82) is 0 Å². The number of nitrogen functional groups attached to an aromatic ring is 1. The van der Waals surface area contributed by atoms with E-state index in [-0.39, 0.29) is 0 Å². The van der Waals surface area contributed by atoms with Gasteiger partial charge >= 0.3 is 0 Å². The highest BCUT2D eigenvalue weighted by Crippen LogP contribution is 2.39. The first kappa shape index (κ1) is 25.2. The number of nitrogens with two attached hydrogens (primary N) is 1. The standard InChI is InChI=1S/C32H38N8/c1-38-15-17-39(18-16-38)24-9-11-25(12-10-24)40-20-26(30-31(33)34-21-35-32(30)40)23-8-13-27-28(19-23)37-29(36-27)14-7-22-5-3-2-4-6-22/h2-6,8,13,19-21,24-25H,7,9-12,14-18H2,1H3,(H,36,37)(H2,33,34,35)/t24-,25+. The van der Waals surface area contributed by atoms with Crippen LogP contribution in [-0.2, 0) is 12.8 Å². The Morgan fingerprint density at radius 2 is 1.68 bits per heavy atom. The van der Waals surface area contributed by atoms with Gasteiger partial charge in [-0.3, -0.25) is 4.90 Å². The molecular weight excluding hydrogens is 496 g/mol. The van der Waals surface area contributed by atoms with Gasteiger partial charge in [0.1, 0.15) is 23.6 Å². The van der Waals surface area contributed by atoms with Crippen LogP contribution in [-0.4, -0.2) is 73.6 Å². The minimum Gasteiger partial charge on any atom is -0.383 e. The molecule has 4 heterocycles. The van der Waals surface area contributed by atoms with E-state index >= 15 is 0 Å². The molecule has 7 rings (SSSR count). The predicted octanol–water partition coefficient (Wildman–Crippen LogP) is 5.07. The molecule has 2 fully saturated rings. The quantitative estimate of drug-likeness (QED) is 0.316. The molecule has 3 aromatic heterocycles. The fourth-order valence-electron chi connectivity index (χ4n) is 6.75. The Labute approximate surface area is 235 Å². The normalized spacial score (nSPS) is 20.9. The number of nitrogens with one attached hydrogen (secondary N) is 1. The van der Waals surface area contributed by atoms with E-state index < -0.39 is 0 Å². The lowest BCUT2D eigenvalue weighted by atomic mass is 9.89. The van der Waals surface area contributed by atoms with Crippen LogP contribution in [0.3, 0.4) is 0 Å². The molecule has 0 unspecified atom stereocenters. The van der Waals surface area contributed by atoms with Crippen molar-refractivity contribution in [3.63, 3.8) is 0 Å². The average molecular weight is 535 g/mol. The lowest BCUT2D eigenvalue weighted by molar-refractivity contribution is 0.0828. The number of H-pyrrole nitrogens is 1.